The van der Waals surface area contributed by atoms with Gasteiger partial charge in [-0.3, -0.25) is 0 Å². The van der Waals surface area contributed by atoms with Crippen molar-refractivity contribution in [1.82, 2.24) is 25.5 Å². The minimum absolute atomic E-state index is 0.104. The van der Waals surface area contributed by atoms with Gasteiger partial charge in [-0.05, 0) is 49.2 Å². The van der Waals surface area contributed by atoms with E-state index in [-0.39, 0.29) is 39.8 Å². The van der Waals surface area contributed by atoms with Gasteiger partial charge in [-0.1, -0.05) is 12.5 Å². The molecule has 2 aliphatic heterocycles. The minimum atomic E-state index is -2.32. The Morgan fingerprint density at radius 3 is 2.82 bits per heavy atom. The number of piperidine rings is 2. The van der Waals surface area contributed by atoms with Gasteiger partial charge in [-0.15, -0.1) is 22.0 Å². The summed E-state index contributed by atoms with van der Waals surface area (Å²) in [6.45, 7) is 0. The number of phenols is 1. The molecule has 34 heavy (non-hydrogen) atoms. The number of nitrogens with zero attached hydrogens (tertiary/aromatic N) is 5. The molecule has 3 aromatic rings. The Balaban J connectivity index is 1.35. The molecular formula is C24H26F2N6OS. The van der Waals surface area contributed by atoms with Crippen LogP contribution >= 0.6 is 11.8 Å². The number of benzene rings is 1. The summed E-state index contributed by atoms with van der Waals surface area (Å²) in [7, 11) is 1.79. The second-order valence-corrected chi connectivity index (χ2v) is 9.36. The standard InChI is InChI=1S/C24H26F2N6OS/c1-32(19-9-14-4-3-5-18(29-14)23(19)26)21-12-28-24(31-30-21)15-7-6-13(8-20(15)33)16-10-22(34-2)27-11-17(16)25/h6-8,10-12,14,18-19,23,29,33H,3-5,9H2,1-2H3/t14-,18-,19-,23+/m0/s1/i2D3. The molecule has 2 aliphatic rings. The SMILES string of the molecule is [2H]C([2H])([2H])Sc1cc(-c2ccc(-c3ncc(N(C)[C@H]4C[C@@H]5CCC[C@H](N5)[C@H]4F)nn3)c(O)c2)c(F)cn1. The third-order valence-electron chi connectivity index (χ3n) is 6.69. The number of phenolic OH excluding ortho intramolecular Hbond substituents is 1. The molecule has 0 aliphatic carbocycles. The van der Waals surface area contributed by atoms with Crippen LogP contribution in [0.15, 0.2) is 41.7 Å². The number of anilines is 1. The number of thioether (sulfide) groups is 1. The summed E-state index contributed by atoms with van der Waals surface area (Å²) in [5.74, 6) is -0.253. The van der Waals surface area contributed by atoms with E-state index in [1.54, 1.807) is 18.0 Å². The van der Waals surface area contributed by atoms with E-state index in [0.29, 0.717) is 35.6 Å². The first kappa shape index (κ1) is 19.5. The molecule has 7 nitrogen and oxygen atoms in total. The molecule has 178 valence electrons. The summed E-state index contributed by atoms with van der Waals surface area (Å²) in [5.41, 5.74) is 0.729. The fraction of sp³-hybridized carbons (Fsp3) is 0.417. The van der Waals surface area contributed by atoms with Crippen LogP contribution in [0.4, 0.5) is 14.6 Å². The first-order valence-electron chi connectivity index (χ1n) is 12.6. The molecule has 2 aromatic heterocycles. The molecule has 4 heterocycles. The third kappa shape index (κ3) is 4.32. The van der Waals surface area contributed by atoms with Gasteiger partial charge in [0.2, 0.25) is 0 Å². The lowest BCUT2D eigenvalue weighted by molar-refractivity contribution is 0.107. The Morgan fingerprint density at radius 2 is 2.06 bits per heavy atom. The monoisotopic (exact) mass is 487 g/mol. The van der Waals surface area contributed by atoms with Crippen LogP contribution in [-0.4, -0.2) is 62.8 Å². The average Bonchev–Trinajstić information content (AvgIpc) is 2.86. The van der Waals surface area contributed by atoms with E-state index in [1.165, 1.54) is 24.4 Å². The van der Waals surface area contributed by atoms with Crippen molar-refractivity contribution in [2.45, 2.75) is 55.0 Å². The highest BCUT2D eigenvalue weighted by Crippen LogP contribution is 2.35. The highest BCUT2D eigenvalue weighted by molar-refractivity contribution is 7.98. The van der Waals surface area contributed by atoms with Crippen LogP contribution < -0.4 is 10.2 Å². The number of pyridine rings is 1. The van der Waals surface area contributed by atoms with Crippen molar-refractivity contribution in [2.75, 3.05) is 18.1 Å². The molecule has 0 amide bonds. The summed E-state index contributed by atoms with van der Waals surface area (Å²) < 4.78 is 51.7. The molecule has 0 saturated carbocycles. The number of fused-ring (bicyclic) bond motifs is 2. The van der Waals surface area contributed by atoms with Crippen molar-refractivity contribution in [1.29, 1.82) is 0 Å². The van der Waals surface area contributed by atoms with Crippen LogP contribution in [0.5, 0.6) is 5.75 Å². The van der Waals surface area contributed by atoms with E-state index in [4.69, 9.17) is 4.11 Å². The molecule has 2 bridgehead atoms. The predicted molar refractivity (Wildman–Crippen MR) is 128 cm³/mol. The number of aromatic nitrogens is 4. The van der Waals surface area contributed by atoms with Crippen molar-refractivity contribution in [3.8, 4) is 28.3 Å². The predicted octanol–water partition coefficient (Wildman–Crippen LogP) is 4.22. The van der Waals surface area contributed by atoms with Gasteiger partial charge in [0.15, 0.2) is 11.6 Å². The van der Waals surface area contributed by atoms with Gasteiger partial charge >= 0.3 is 0 Å². The van der Waals surface area contributed by atoms with Crippen LogP contribution in [-0.2, 0) is 0 Å². The number of hydrogen-bond donors (Lipinski definition) is 2. The molecular weight excluding hydrogens is 458 g/mol. The van der Waals surface area contributed by atoms with Crippen molar-refractivity contribution in [3.05, 3.63) is 42.5 Å². The largest absolute Gasteiger partial charge is 0.507 e. The molecule has 0 spiro atoms. The maximum absolute atomic E-state index is 15.1. The van der Waals surface area contributed by atoms with E-state index < -0.39 is 18.2 Å². The average molecular weight is 488 g/mol. The van der Waals surface area contributed by atoms with Crippen molar-refractivity contribution in [2.24, 2.45) is 0 Å². The third-order valence-corrected chi connectivity index (χ3v) is 7.12. The highest BCUT2D eigenvalue weighted by atomic mass is 32.2. The Labute approximate surface area is 205 Å². The fourth-order valence-electron chi connectivity index (χ4n) is 4.86. The van der Waals surface area contributed by atoms with E-state index in [9.17, 15) is 9.50 Å². The molecule has 0 radical (unpaired) electrons. The summed E-state index contributed by atoms with van der Waals surface area (Å²) in [4.78, 5) is 9.94. The number of halogens is 2. The molecule has 10 heteroatoms. The normalized spacial score (nSPS) is 25.8. The maximum atomic E-state index is 15.1. The summed E-state index contributed by atoms with van der Waals surface area (Å²) in [6, 6.07) is 5.61. The molecule has 2 fully saturated rings. The van der Waals surface area contributed by atoms with Crippen LogP contribution in [0.3, 0.4) is 0 Å². The zero-order valence-electron chi connectivity index (χ0n) is 21.4. The van der Waals surface area contributed by atoms with Gasteiger partial charge in [0.25, 0.3) is 0 Å². The van der Waals surface area contributed by atoms with Gasteiger partial charge < -0.3 is 15.3 Å². The van der Waals surface area contributed by atoms with Gasteiger partial charge in [-0.25, -0.2) is 18.7 Å². The second-order valence-electron chi connectivity index (χ2n) is 8.74. The van der Waals surface area contributed by atoms with Crippen LogP contribution in [0.1, 0.15) is 29.8 Å². The quantitative estimate of drug-likeness (QED) is 0.517. The number of aromatic hydroxyl groups is 1. The van der Waals surface area contributed by atoms with Crippen LogP contribution in [0.2, 0.25) is 0 Å². The van der Waals surface area contributed by atoms with Crippen LogP contribution in [0, 0.1) is 5.82 Å². The number of rotatable bonds is 5. The van der Waals surface area contributed by atoms with Gasteiger partial charge in [0.1, 0.15) is 17.7 Å². The molecule has 4 atom stereocenters. The first-order chi connectivity index (χ1) is 17.6. The molecule has 5 rings (SSSR count). The molecule has 2 N–H and O–H groups in total. The van der Waals surface area contributed by atoms with Gasteiger partial charge in [0, 0.05) is 28.8 Å². The Bertz CT molecular complexity index is 1280. The summed E-state index contributed by atoms with van der Waals surface area (Å²) in [5, 5.41) is 22.5. The van der Waals surface area contributed by atoms with E-state index in [0.717, 1.165) is 25.5 Å². The lowest BCUT2D eigenvalue weighted by Crippen LogP contribution is -2.61. The van der Waals surface area contributed by atoms with Crippen LogP contribution in [0.25, 0.3) is 22.5 Å². The zero-order valence-corrected chi connectivity index (χ0v) is 19.3. The number of alkyl halides is 1. The minimum Gasteiger partial charge on any atom is -0.507 e. The maximum Gasteiger partial charge on any atom is 0.185 e. The molecule has 0 unspecified atom stereocenters. The molecule has 1 aromatic carbocycles. The van der Waals surface area contributed by atoms with Gasteiger partial charge in [0.05, 0.1) is 29.0 Å². The first-order valence-corrected chi connectivity index (χ1v) is 11.9. The van der Waals surface area contributed by atoms with Crippen molar-refractivity contribution >= 4 is 17.6 Å². The van der Waals surface area contributed by atoms with E-state index in [2.05, 4.69) is 25.5 Å². The molecule has 2 saturated heterocycles. The van der Waals surface area contributed by atoms with Crippen molar-refractivity contribution in [3.63, 3.8) is 0 Å². The number of hydrogen-bond acceptors (Lipinski definition) is 8. The van der Waals surface area contributed by atoms with E-state index in [1.807, 2.05) is 0 Å². The second kappa shape index (κ2) is 9.42. The lowest BCUT2D eigenvalue weighted by atomic mass is 9.82. The van der Waals surface area contributed by atoms with Crippen molar-refractivity contribution < 1.29 is 18.0 Å². The number of nitrogens with one attached hydrogen (secondary N) is 1. The zero-order chi connectivity index (χ0) is 26.3. The summed E-state index contributed by atoms with van der Waals surface area (Å²) in [6.07, 6.45) is 2.68. The highest BCUT2D eigenvalue weighted by Gasteiger charge is 2.42. The lowest BCUT2D eigenvalue weighted by Gasteiger charge is -2.45. The fourth-order valence-corrected chi connectivity index (χ4v) is 5.14. The Morgan fingerprint density at radius 1 is 1.18 bits per heavy atom. The smallest absolute Gasteiger partial charge is 0.185 e. The topological polar surface area (TPSA) is 87.1 Å². The Hall–Kier alpha value is -2.85. The Kier molecular flexibility index (Phi) is 5.39. The van der Waals surface area contributed by atoms with Gasteiger partial charge in [-0.2, -0.15) is 0 Å². The summed E-state index contributed by atoms with van der Waals surface area (Å²) >= 11 is 0.542. The van der Waals surface area contributed by atoms with E-state index >= 15 is 4.39 Å².